The highest BCUT2D eigenvalue weighted by Crippen LogP contribution is 2.20. The fourth-order valence-corrected chi connectivity index (χ4v) is 2.19. The number of benzene rings is 1. The monoisotopic (exact) mass is 369 g/mol. The number of hydrogen-bond acceptors (Lipinski definition) is 5. The highest BCUT2D eigenvalue weighted by molar-refractivity contribution is 5.98. The van der Waals surface area contributed by atoms with E-state index in [1.54, 1.807) is 0 Å². The number of ether oxygens (including phenoxy) is 1. The van der Waals surface area contributed by atoms with Gasteiger partial charge in [-0.15, -0.1) is 0 Å². The number of rotatable bonds is 4. The molecule has 26 heavy (non-hydrogen) atoms. The number of anilines is 1. The summed E-state index contributed by atoms with van der Waals surface area (Å²) < 4.78 is 49.4. The summed E-state index contributed by atoms with van der Waals surface area (Å²) in [5, 5.41) is 2.00. The van der Waals surface area contributed by atoms with Crippen LogP contribution < -0.4 is 10.9 Å². The molecule has 1 aromatic heterocycles. The molecule has 1 unspecified atom stereocenters. The molecule has 9 heteroatoms. The predicted octanol–water partition coefficient (Wildman–Crippen LogP) is 2.86. The predicted molar refractivity (Wildman–Crippen MR) is 84.3 cm³/mol. The Balaban J connectivity index is 2.14. The quantitative estimate of drug-likeness (QED) is 0.662. The van der Waals surface area contributed by atoms with Gasteiger partial charge >= 0.3 is 11.6 Å². The van der Waals surface area contributed by atoms with Crippen LogP contribution >= 0.6 is 0 Å². The van der Waals surface area contributed by atoms with Gasteiger partial charge in [-0.25, -0.2) is 22.8 Å². The van der Waals surface area contributed by atoms with Crippen LogP contribution in [0, 0.1) is 31.3 Å². The van der Waals surface area contributed by atoms with Gasteiger partial charge in [-0.1, -0.05) is 0 Å². The fraction of sp³-hybridized carbons (Fsp3) is 0.235. The first-order valence-corrected chi connectivity index (χ1v) is 7.38. The molecule has 0 bridgehead atoms. The van der Waals surface area contributed by atoms with Crippen molar-refractivity contribution < 1.29 is 31.9 Å². The van der Waals surface area contributed by atoms with Crippen LogP contribution in [0.4, 0.5) is 18.9 Å². The maximum atomic E-state index is 13.6. The van der Waals surface area contributed by atoms with Gasteiger partial charge in [-0.05, 0) is 38.5 Å². The van der Waals surface area contributed by atoms with E-state index in [2.05, 4.69) is 0 Å². The van der Waals surface area contributed by atoms with Crippen LogP contribution in [0.2, 0.25) is 0 Å². The second-order valence-electron chi connectivity index (χ2n) is 5.44. The number of carbonyl (C=O) groups excluding carboxylic acids is 2. The lowest BCUT2D eigenvalue weighted by atomic mass is 10.1. The van der Waals surface area contributed by atoms with E-state index >= 15 is 0 Å². The summed E-state index contributed by atoms with van der Waals surface area (Å²) in [6.07, 6.45) is -1.39. The van der Waals surface area contributed by atoms with Crippen molar-refractivity contribution in [1.29, 1.82) is 0 Å². The van der Waals surface area contributed by atoms with Gasteiger partial charge in [0.15, 0.2) is 23.6 Å². The molecule has 1 N–H and O–H groups in total. The lowest BCUT2D eigenvalue weighted by Gasteiger charge is -2.15. The summed E-state index contributed by atoms with van der Waals surface area (Å²) in [5.74, 6) is -6.60. The van der Waals surface area contributed by atoms with Gasteiger partial charge in [0.25, 0.3) is 5.91 Å². The number of esters is 1. The molecule has 2 rings (SSSR count). The smallest absolute Gasteiger partial charge is 0.342 e. The van der Waals surface area contributed by atoms with E-state index in [1.165, 1.54) is 20.8 Å². The number of carbonyl (C=O) groups is 2. The molecule has 0 aliphatic carbocycles. The summed E-state index contributed by atoms with van der Waals surface area (Å²) >= 11 is 0. The average molecular weight is 369 g/mol. The molecule has 1 atom stereocenters. The van der Waals surface area contributed by atoms with Gasteiger partial charge < -0.3 is 14.5 Å². The number of aryl methyl sites for hydroxylation is 2. The van der Waals surface area contributed by atoms with E-state index in [0.717, 1.165) is 12.1 Å². The van der Waals surface area contributed by atoms with E-state index in [1.807, 2.05) is 5.32 Å². The first-order valence-electron chi connectivity index (χ1n) is 7.38. The van der Waals surface area contributed by atoms with Crippen molar-refractivity contribution in [3.63, 3.8) is 0 Å². The minimum atomic E-state index is -1.74. The SMILES string of the molecule is Cc1cc(=O)oc(C)c1C(=O)OC(C)C(=O)Nc1ccc(F)c(F)c1F. The highest BCUT2D eigenvalue weighted by Gasteiger charge is 2.24. The molecule has 1 aromatic carbocycles. The number of amides is 1. The molecule has 6 nitrogen and oxygen atoms in total. The summed E-state index contributed by atoms with van der Waals surface area (Å²) in [6.45, 7) is 4.07. The molecule has 0 aliphatic heterocycles. The fourth-order valence-electron chi connectivity index (χ4n) is 2.19. The van der Waals surface area contributed by atoms with E-state index in [9.17, 15) is 27.6 Å². The Labute approximate surface area is 145 Å². The first-order chi connectivity index (χ1) is 12.1. The lowest BCUT2D eigenvalue weighted by molar-refractivity contribution is -0.123. The molecule has 0 saturated heterocycles. The van der Waals surface area contributed by atoms with Crippen LogP contribution in [0.3, 0.4) is 0 Å². The molecule has 1 amide bonds. The lowest BCUT2D eigenvalue weighted by Crippen LogP contribution is -2.31. The van der Waals surface area contributed by atoms with Crippen LogP contribution in [-0.4, -0.2) is 18.0 Å². The first kappa shape index (κ1) is 19.2. The van der Waals surface area contributed by atoms with E-state index < -0.39 is 46.7 Å². The highest BCUT2D eigenvalue weighted by atomic mass is 19.2. The van der Waals surface area contributed by atoms with Crippen molar-refractivity contribution in [2.24, 2.45) is 0 Å². The van der Waals surface area contributed by atoms with E-state index in [0.29, 0.717) is 11.6 Å². The Morgan fingerprint density at radius 1 is 1.15 bits per heavy atom. The summed E-state index contributed by atoms with van der Waals surface area (Å²) in [7, 11) is 0. The maximum Gasteiger partial charge on any atom is 0.342 e. The van der Waals surface area contributed by atoms with Crippen molar-refractivity contribution in [3.05, 3.63) is 63.0 Å². The summed E-state index contributed by atoms with van der Waals surface area (Å²) in [4.78, 5) is 35.4. The number of nitrogens with one attached hydrogen (secondary N) is 1. The standard InChI is InChI=1S/C17H14F3NO5/c1-7-6-12(22)25-8(2)13(7)17(24)26-9(3)16(23)21-11-5-4-10(18)14(19)15(11)20/h4-6,9H,1-3H3,(H,21,23). The van der Waals surface area contributed by atoms with Gasteiger partial charge in [0.05, 0.1) is 5.69 Å². The van der Waals surface area contributed by atoms with Gasteiger partial charge in [0.2, 0.25) is 0 Å². The zero-order valence-electron chi connectivity index (χ0n) is 14.0. The van der Waals surface area contributed by atoms with Crippen molar-refractivity contribution in [1.82, 2.24) is 0 Å². The van der Waals surface area contributed by atoms with Crippen LogP contribution in [0.15, 0.2) is 27.4 Å². The zero-order valence-corrected chi connectivity index (χ0v) is 14.0. The largest absolute Gasteiger partial charge is 0.449 e. The minimum Gasteiger partial charge on any atom is -0.449 e. The molecule has 0 aliphatic rings. The third-order valence-corrected chi connectivity index (χ3v) is 3.48. The van der Waals surface area contributed by atoms with Crippen LogP contribution in [0.1, 0.15) is 28.6 Å². The third-order valence-electron chi connectivity index (χ3n) is 3.48. The molecule has 0 radical (unpaired) electrons. The molecule has 1 heterocycles. The minimum absolute atomic E-state index is 0.0132. The maximum absolute atomic E-state index is 13.6. The summed E-state index contributed by atoms with van der Waals surface area (Å²) in [6, 6.07) is 2.56. The van der Waals surface area contributed by atoms with Crippen molar-refractivity contribution >= 4 is 17.6 Å². The number of hydrogen-bond donors (Lipinski definition) is 1. The molecule has 0 saturated carbocycles. The second-order valence-corrected chi connectivity index (χ2v) is 5.44. The third kappa shape index (κ3) is 3.93. The van der Waals surface area contributed by atoms with E-state index in [4.69, 9.17) is 9.15 Å². The average Bonchev–Trinajstić information content (AvgIpc) is 2.54. The molecular weight excluding hydrogens is 355 g/mol. The molecule has 0 fully saturated rings. The van der Waals surface area contributed by atoms with Crippen LogP contribution in [0.25, 0.3) is 0 Å². The van der Waals surface area contributed by atoms with Gasteiger partial charge in [0, 0.05) is 6.07 Å². The normalized spacial score (nSPS) is 11.8. The Morgan fingerprint density at radius 3 is 2.42 bits per heavy atom. The Kier molecular flexibility index (Phi) is 5.49. The molecule has 138 valence electrons. The van der Waals surface area contributed by atoms with Crippen molar-refractivity contribution in [2.45, 2.75) is 26.9 Å². The second kappa shape index (κ2) is 7.42. The Morgan fingerprint density at radius 2 is 1.81 bits per heavy atom. The van der Waals surface area contributed by atoms with Crippen molar-refractivity contribution in [2.75, 3.05) is 5.32 Å². The topological polar surface area (TPSA) is 85.6 Å². The van der Waals surface area contributed by atoms with Gasteiger partial charge in [0.1, 0.15) is 11.3 Å². The Bertz CT molecular complexity index is 912. The molecule has 0 spiro atoms. The van der Waals surface area contributed by atoms with Crippen LogP contribution in [0.5, 0.6) is 0 Å². The van der Waals surface area contributed by atoms with Gasteiger partial charge in [-0.2, -0.15) is 0 Å². The van der Waals surface area contributed by atoms with Gasteiger partial charge in [-0.3, -0.25) is 4.79 Å². The van der Waals surface area contributed by atoms with Crippen LogP contribution in [-0.2, 0) is 9.53 Å². The molecule has 2 aromatic rings. The molecular formula is C17H14F3NO5. The zero-order chi connectivity index (χ0) is 19.6. The summed E-state index contributed by atoms with van der Waals surface area (Å²) in [5.41, 5.74) is -0.975. The van der Waals surface area contributed by atoms with E-state index in [-0.39, 0.29) is 11.3 Å². The number of halogens is 3. The Hall–Kier alpha value is -3.10. The van der Waals surface area contributed by atoms with Crippen molar-refractivity contribution in [3.8, 4) is 0 Å².